The zero-order valence-electron chi connectivity index (χ0n) is 7.22. The van der Waals surface area contributed by atoms with Crippen molar-refractivity contribution in [2.75, 3.05) is 0 Å². The second-order valence-corrected chi connectivity index (χ2v) is 4.29. The van der Waals surface area contributed by atoms with Crippen LogP contribution < -0.4 is 5.73 Å². The van der Waals surface area contributed by atoms with E-state index in [2.05, 4.69) is 25.3 Å². The zero-order valence-corrected chi connectivity index (χ0v) is 9.62. The minimum absolute atomic E-state index is 0.253. The lowest BCUT2D eigenvalue weighted by molar-refractivity contribution is 0.802. The average molecular weight is 270 g/mol. The van der Waals surface area contributed by atoms with Crippen LogP contribution in [0.15, 0.2) is 34.2 Å². The van der Waals surface area contributed by atoms with E-state index in [1.54, 1.807) is 6.20 Å². The van der Waals surface area contributed by atoms with Crippen LogP contribution in [0.5, 0.6) is 0 Å². The first-order chi connectivity index (χ1) is 6.79. The molecule has 0 aliphatic heterocycles. The predicted molar refractivity (Wildman–Crippen MR) is 60.1 cm³/mol. The largest absolute Gasteiger partial charge is 0.318 e. The van der Waals surface area contributed by atoms with E-state index in [1.165, 1.54) is 11.5 Å². The molecule has 14 heavy (non-hydrogen) atoms. The number of pyridine rings is 1. The van der Waals surface area contributed by atoms with Gasteiger partial charge in [-0.1, -0.05) is 0 Å². The van der Waals surface area contributed by atoms with Crippen molar-refractivity contribution in [2.24, 2.45) is 5.73 Å². The first kappa shape index (κ1) is 9.76. The summed E-state index contributed by atoms with van der Waals surface area (Å²) in [5, 5.41) is 1.91. The summed E-state index contributed by atoms with van der Waals surface area (Å²) in [6.45, 7) is 0. The van der Waals surface area contributed by atoms with Gasteiger partial charge < -0.3 is 5.73 Å². The number of nitrogens with zero attached hydrogens (tertiary/aromatic N) is 2. The molecule has 2 heterocycles. The molecule has 0 radical (unpaired) electrons. The molecule has 0 amide bonds. The van der Waals surface area contributed by atoms with Crippen molar-refractivity contribution in [1.29, 1.82) is 0 Å². The van der Waals surface area contributed by atoms with E-state index < -0.39 is 0 Å². The van der Waals surface area contributed by atoms with Crippen LogP contribution in [0.1, 0.15) is 17.4 Å². The molecule has 0 fully saturated rings. The Hall–Kier alpha value is -0.780. The Morgan fingerprint density at radius 1 is 1.43 bits per heavy atom. The van der Waals surface area contributed by atoms with Gasteiger partial charge >= 0.3 is 0 Å². The van der Waals surface area contributed by atoms with Gasteiger partial charge in [-0.2, -0.15) is 4.37 Å². The number of halogens is 1. The summed E-state index contributed by atoms with van der Waals surface area (Å²) in [6.07, 6.45) is 1.73. The van der Waals surface area contributed by atoms with Gasteiger partial charge in [-0.15, -0.1) is 0 Å². The quantitative estimate of drug-likeness (QED) is 0.911. The highest BCUT2D eigenvalue weighted by Gasteiger charge is 2.14. The molecule has 2 aromatic rings. The molecule has 0 spiro atoms. The second-order valence-electron chi connectivity index (χ2n) is 2.77. The third kappa shape index (κ3) is 1.84. The van der Waals surface area contributed by atoms with E-state index in [0.29, 0.717) is 0 Å². The number of nitrogens with two attached hydrogens (primary N) is 1. The average Bonchev–Trinajstić information content (AvgIpc) is 2.70. The molecule has 3 nitrogen and oxygen atoms in total. The molecule has 2 aromatic heterocycles. The lowest BCUT2D eigenvalue weighted by Crippen LogP contribution is -2.14. The summed E-state index contributed by atoms with van der Waals surface area (Å²) in [6, 6.07) is 5.45. The van der Waals surface area contributed by atoms with Gasteiger partial charge in [-0.3, -0.25) is 4.98 Å². The molecule has 72 valence electrons. The summed E-state index contributed by atoms with van der Waals surface area (Å²) in [7, 11) is 0. The number of hydrogen-bond acceptors (Lipinski definition) is 4. The van der Waals surface area contributed by atoms with Gasteiger partial charge in [0.15, 0.2) is 0 Å². The minimum Gasteiger partial charge on any atom is -0.318 e. The van der Waals surface area contributed by atoms with E-state index in [1.807, 2.05) is 23.6 Å². The smallest absolute Gasteiger partial charge is 0.0922 e. The molecule has 0 aromatic carbocycles. The van der Waals surface area contributed by atoms with Crippen LogP contribution in [0.4, 0.5) is 0 Å². The maximum Gasteiger partial charge on any atom is 0.0922 e. The topological polar surface area (TPSA) is 51.8 Å². The molecule has 0 aliphatic rings. The van der Waals surface area contributed by atoms with Crippen LogP contribution in [-0.2, 0) is 0 Å². The van der Waals surface area contributed by atoms with E-state index in [4.69, 9.17) is 5.73 Å². The third-order valence-corrected chi connectivity index (χ3v) is 3.10. The minimum atomic E-state index is -0.253. The van der Waals surface area contributed by atoms with Crippen molar-refractivity contribution in [3.63, 3.8) is 0 Å². The Morgan fingerprint density at radius 3 is 2.93 bits per heavy atom. The van der Waals surface area contributed by atoms with Crippen LogP contribution in [0.3, 0.4) is 0 Å². The summed E-state index contributed by atoms with van der Waals surface area (Å²) in [5.41, 5.74) is 7.69. The highest BCUT2D eigenvalue weighted by atomic mass is 79.9. The Kier molecular flexibility index (Phi) is 2.90. The fourth-order valence-corrected chi connectivity index (χ4v) is 2.21. The first-order valence-electron chi connectivity index (χ1n) is 4.05. The molecule has 5 heteroatoms. The molecule has 0 aliphatic carbocycles. The zero-order chi connectivity index (χ0) is 9.97. The van der Waals surface area contributed by atoms with Crippen molar-refractivity contribution >= 4 is 27.5 Å². The standard InChI is InChI=1S/C9H8BrN3S/c10-6-2-1-4-12-9(6)8(11)7-3-5-14-13-7/h1-5,8H,11H2. The number of aromatic nitrogens is 2. The molecular weight excluding hydrogens is 262 g/mol. The predicted octanol–water partition coefficient (Wildman–Crippen LogP) is 2.35. The van der Waals surface area contributed by atoms with Gasteiger partial charge in [-0.25, -0.2) is 0 Å². The van der Waals surface area contributed by atoms with Gasteiger partial charge in [0.05, 0.1) is 17.4 Å². The van der Waals surface area contributed by atoms with Gasteiger partial charge in [0.1, 0.15) is 0 Å². The van der Waals surface area contributed by atoms with Gasteiger partial charge in [-0.05, 0) is 45.7 Å². The fourth-order valence-electron chi connectivity index (χ4n) is 1.15. The van der Waals surface area contributed by atoms with Gasteiger partial charge in [0.2, 0.25) is 0 Å². The molecule has 1 atom stereocenters. The van der Waals surface area contributed by atoms with Gasteiger partial charge in [0, 0.05) is 16.0 Å². The van der Waals surface area contributed by atoms with Crippen LogP contribution in [0, 0.1) is 0 Å². The van der Waals surface area contributed by atoms with E-state index >= 15 is 0 Å². The monoisotopic (exact) mass is 269 g/mol. The van der Waals surface area contributed by atoms with Crippen LogP contribution >= 0.6 is 27.5 Å². The fraction of sp³-hybridized carbons (Fsp3) is 0.111. The Labute approximate surface area is 94.3 Å². The molecule has 1 unspecified atom stereocenters. The summed E-state index contributed by atoms with van der Waals surface area (Å²) >= 11 is 4.81. The van der Waals surface area contributed by atoms with Crippen molar-refractivity contribution in [3.05, 3.63) is 45.6 Å². The second kappa shape index (κ2) is 4.16. The van der Waals surface area contributed by atoms with E-state index in [-0.39, 0.29) is 6.04 Å². The third-order valence-electron chi connectivity index (χ3n) is 1.86. The highest BCUT2D eigenvalue weighted by Crippen LogP contribution is 2.23. The first-order valence-corrected chi connectivity index (χ1v) is 5.68. The van der Waals surface area contributed by atoms with Crippen molar-refractivity contribution in [2.45, 2.75) is 6.04 Å². The maximum atomic E-state index is 6.01. The van der Waals surface area contributed by atoms with Crippen molar-refractivity contribution in [1.82, 2.24) is 9.36 Å². The molecule has 0 saturated carbocycles. The summed E-state index contributed by atoms with van der Waals surface area (Å²) < 4.78 is 5.11. The molecule has 2 N–H and O–H groups in total. The number of hydrogen-bond donors (Lipinski definition) is 1. The van der Waals surface area contributed by atoms with Crippen molar-refractivity contribution < 1.29 is 0 Å². The maximum absolute atomic E-state index is 6.01. The SMILES string of the molecule is NC(c1ccsn1)c1ncccc1Br. The van der Waals surface area contributed by atoms with Gasteiger partial charge in [0.25, 0.3) is 0 Å². The van der Waals surface area contributed by atoms with Crippen LogP contribution in [0.2, 0.25) is 0 Å². The molecule has 2 rings (SSSR count). The van der Waals surface area contributed by atoms with Crippen molar-refractivity contribution in [3.8, 4) is 0 Å². The molecule has 0 saturated heterocycles. The lowest BCUT2D eigenvalue weighted by Gasteiger charge is -2.09. The summed E-state index contributed by atoms with van der Waals surface area (Å²) in [5.74, 6) is 0. The lowest BCUT2D eigenvalue weighted by atomic mass is 10.1. The van der Waals surface area contributed by atoms with Crippen LogP contribution in [0.25, 0.3) is 0 Å². The van der Waals surface area contributed by atoms with Crippen LogP contribution in [-0.4, -0.2) is 9.36 Å². The number of rotatable bonds is 2. The molecular formula is C9H8BrN3S. The normalized spacial score (nSPS) is 12.7. The summed E-state index contributed by atoms with van der Waals surface area (Å²) in [4.78, 5) is 4.23. The van der Waals surface area contributed by atoms with E-state index in [9.17, 15) is 0 Å². The Bertz CT molecular complexity index is 416. The Balaban J connectivity index is 2.37. The van der Waals surface area contributed by atoms with E-state index in [0.717, 1.165) is 15.9 Å². The molecule has 0 bridgehead atoms. The Morgan fingerprint density at radius 2 is 2.29 bits per heavy atom. The highest BCUT2D eigenvalue weighted by molar-refractivity contribution is 9.10.